The molecule has 1 aromatic rings. The molecule has 1 saturated heterocycles. The fourth-order valence-electron chi connectivity index (χ4n) is 3.38. The third-order valence-corrected chi connectivity index (χ3v) is 6.87. The zero-order valence-corrected chi connectivity index (χ0v) is 19.0. The monoisotopic (exact) mass is 425 g/mol. The Balaban J connectivity index is 1.80. The van der Waals surface area contributed by atoms with Crippen LogP contribution in [0, 0.1) is 6.92 Å². The molecule has 2 rings (SSSR count). The van der Waals surface area contributed by atoms with Crippen LogP contribution in [0.5, 0.6) is 0 Å². The van der Waals surface area contributed by atoms with Crippen molar-refractivity contribution in [2.45, 2.75) is 71.3 Å². The van der Waals surface area contributed by atoms with Gasteiger partial charge in [-0.2, -0.15) is 0 Å². The maximum atomic E-state index is 12.2. The van der Waals surface area contributed by atoms with Crippen molar-refractivity contribution in [2.75, 3.05) is 29.9 Å². The van der Waals surface area contributed by atoms with E-state index in [0.717, 1.165) is 30.0 Å². The number of morpholine rings is 1. The van der Waals surface area contributed by atoms with Gasteiger partial charge >= 0.3 is 0 Å². The first-order valence-electron chi connectivity index (χ1n) is 10.4. The highest BCUT2D eigenvalue weighted by Gasteiger charge is 2.22. The molecule has 1 amide bonds. The summed E-state index contributed by atoms with van der Waals surface area (Å²) >= 11 is 0. The van der Waals surface area contributed by atoms with E-state index in [1.54, 1.807) is 13.8 Å². The van der Waals surface area contributed by atoms with Crippen LogP contribution in [0.3, 0.4) is 0 Å². The number of nitrogens with one attached hydrogen (secondary N) is 2. The van der Waals surface area contributed by atoms with Crippen LogP contribution in [0.25, 0.3) is 0 Å². The van der Waals surface area contributed by atoms with Crippen LogP contribution in [0.1, 0.15) is 52.5 Å². The highest BCUT2D eigenvalue weighted by atomic mass is 32.2. The Morgan fingerprint density at radius 2 is 1.86 bits per heavy atom. The van der Waals surface area contributed by atoms with E-state index >= 15 is 0 Å². The minimum Gasteiger partial charge on any atom is -0.372 e. The number of carbonyl (C=O) groups excluding carboxylic acids is 1. The first-order chi connectivity index (χ1) is 13.6. The van der Waals surface area contributed by atoms with Crippen molar-refractivity contribution >= 4 is 27.3 Å². The number of unbranched alkanes of at least 4 members (excludes halogenated alkanes) is 1. The van der Waals surface area contributed by atoms with Crippen molar-refractivity contribution in [1.29, 1.82) is 0 Å². The van der Waals surface area contributed by atoms with Gasteiger partial charge in [0, 0.05) is 37.4 Å². The van der Waals surface area contributed by atoms with Gasteiger partial charge in [-0.15, -0.1) is 0 Å². The van der Waals surface area contributed by atoms with Gasteiger partial charge in [0.25, 0.3) is 0 Å². The number of ether oxygens (including phenoxy) is 1. The standard InChI is InChI=1S/C21H35N3O4S/c1-15(2)29(26,27)22-11-7-6-8-21(25)23-20-10-9-19(12-16(20)3)24-13-17(4)28-18(5)14-24/h9-10,12,15,17-18,22H,6-8,11,13-14H2,1-5H3,(H,23,25)/t17-,18+. The van der Waals surface area contributed by atoms with Gasteiger partial charge in [-0.25, -0.2) is 13.1 Å². The molecule has 1 aliphatic heterocycles. The molecule has 164 valence electrons. The topological polar surface area (TPSA) is 87.7 Å². The minimum atomic E-state index is -3.24. The lowest BCUT2D eigenvalue weighted by atomic mass is 10.1. The fourth-order valence-corrected chi connectivity index (χ4v) is 4.14. The molecule has 1 aromatic carbocycles. The van der Waals surface area contributed by atoms with Crippen LogP contribution in [-0.4, -0.2) is 51.4 Å². The molecule has 0 aromatic heterocycles. The normalized spacial score (nSPS) is 20.1. The first-order valence-corrected chi connectivity index (χ1v) is 11.9. The molecule has 1 fully saturated rings. The zero-order chi connectivity index (χ0) is 21.6. The summed E-state index contributed by atoms with van der Waals surface area (Å²) < 4.78 is 31.7. The number of benzene rings is 1. The molecule has 1 aliphatic rings. The van der Waals surface area contributed by atoms with Gasteiger partial charge in [-0.05, 0) is 71.2 Å². The maximum Gasteiger partial charge on any atom is 0.224 e. The number of hydrogen-bond donors (Lipinski definition) is 2. The third kappa shape index (κ3) is 7.28. The number of anilines is 2. The number of carbonyl (C=O) groups is 1. The molecule has 7 nitrogen and oxygen atoms in total. The van der Waals surface area contributed by atoms with Crippen molar-refractivity contribution in [2.24, 2.45) is 0 Å². The smallest absolute Gasteiger partial charge is 0.224 e. The average molecular weight is 426 g/mol. The van der Waals surface area contributed by atoms with E-state index in [1.807, 2.05) is 19.1 Å². The number of nitrogens with zero attached hydrogens (tertiary/aromatic N) is 1. The summed E-state index contributed by atoms with van der Waals surface area (Å²) in [5.41, 5.74) is 2.97. The summed E-state index contributed by atoms with van der Waals surface area (Å²) in [5.74, 6) is -0.0545. The van der Waals surface area contributed by atoms with Gasteiger partial charge in [-0.1, -0.05) is 0 Å². The zero-order valence-electron chi connectivity index (χ0n) is 18.2. The van der Waals surface area contributed by atoms with Gasteiger partial charge in [0.2, 0.25) is 15.9 Å². The Morgan fingerprint density at radius 1 is 1.21 bits per heavy atom. The average Bonchev–Trinajstić information content (AvgIpc) is 2.62. The van der Waals surface area contributed by atoms with E-state index < -0.39 is 15.3 Å². The number of hydrogen-bond acceptors (Lipinski definition) is 5. The van der Waals surface area contributed by atoms with Gasteiger partial charge < -0.3 is 15.0 Å². The Labute approximate surface area is 175 Å². The summed E-state index contributed by atoms with van der Waals surface area (Å²) in [6, 6.07) is 6.08. The Bertz CT molecular complexity index is 785. The number of amides is 1. The molecule has 0 spiro atoms. The fraction of sp³-hybridized carbons (Fsp3) is 0.667. The van der Waals surface area contributed by atoms with Crippen LogP contribution < -0.4 is 14.9 Å². The second-order valence-corrected chi connectivity index (χ2v) is 10.5. The lowest BCUT2D eigenvalue weighted by molar-refractivity contribution is -0.116. The van der Waals surface area contributed by atoms with E-state index in [9.17, 15) is 13.2 Å². The van der Waals surface area contributed by atoms with E-state index in [1.165, 1.54) is 0 Å². The van der Waals surface area contributed by atoms with Crippen molar-refractivity contribution in [1.82, 2.24) is 4.72 Å². The minimum absolute atomic E-state index is 0.0545. The molecule has 0 bridgehead atoms. The summed E-state index contributed by atoms with van der Waals surface area (Å²) in [7, 11) is -3.24. The largest absolute Gasteiger partial charge is 0.372 e. The highest BCUT2D eigenvalue weighted by molar-refractivity contribution is 7.90. The van der Waals surface area contributed by atoms with Gasteiger partial charge in [0.15, 0.2) is 0 Å². The van der Waals surface area contributed by atoms with E-state index in [0.29, 0.717) is 25.8 Å². The lowest BCUT2D eigenvalue weighted by Crippen LogP contribution is -2.45. The lowest BCUT2D eigenvalue weighted by Gasteiger charge is -2.37. The van der Waals surface area contributed by atoms with Crippen LogP contribution in [-0.2, 0) is 19.6 Å². The van der Waals surface area contributed by atoms with E-state index in [-0.39, 0.29) is 18.1 Å². The summed E-state index contributed by atoms with van der Waals surface area (Å²) in [6.45, 7) is 11.5. The van der Waals surface area contributed by atoms with Gasteiger partial charge in [-0.3, -0.25) is 4.79 Å². The summed E-state index contributed by atoms with van der Waals surface area (Å²) in [6.07, 6.45) is 2.02. The summed E-state index contributed by atoms with van der Waals surface area (Å²) in [4.78, 5) is 14.5. The Morgan fingerprint density at radius 3 is 2.45 bits per heavy atom. The second kappa shape index (κ2) is 10.4. The molecule has 29 heavy (non-hydrogen) atoms. The quantitative estimate of drug-likeness (QED) is 0.594. The Kier molecular flexibility index (Phi) is 8.48. The second-order valence-electron chi connectivity index (χ2n) is 8.15. The van der Waals surface area contributed by atoms with Crippen LogP contribution in [0.4, 0.5) is 11.4 Å². The van der Waals surface area contributed by atoms with Crippen molar-refractivity contribution in [3.8, 4) is 0 Å². The molecule has 8 heteroatoms. The predicted octanol–water partition coefficient (Wildman–Crippen LogP) is 3.05. The van der Waals surface area contributed by atoms with Crippen LogP contribution in [0.15, 0.2) is 18.2 Å². The van der Waals surface area contributed by atoms with E-state index in [2.05, 4.69) is 34.9 Å². The molecular formula is C21H35N3O4S. The molecule has 2 atom stereocenters. The summed E-state index contributed by atoms with van der Waals surface area (Å²) in [5, 5.41) is 2.52. The Hall–Kier alpha value is -1.64. The molecule has 1 heterocycles. The molecular weight excluding hydrogens is 390 g/mol. The maximum absolute atomic E-state index is 12.2. The molecule has 0 radical (unpaired) electrons. The van der Waals surface area contributed by atoms with Crippen molar-refractivity contribution in [3.63, 3.8) is 0 Å². The van der Waals surface area contributed by atoms with Crippen LogP contribution >= 0.6 is 0 Å². The van der Waals surface area contributed by atoms with Crippen LogP contribution in [0.2, 0.25) is 0 Å². The number of sulfonamides is 1. The number of aryl methyl sites for hydroxylation is 1. The highest BCUT2D eigenvalue weighted by Crippen LogP contribution is 2.25. The molecule has 0 aliphatic carbocycles. The van der Waals surface area contributed by atoms with E-state index in [4.69, 9.17) is 4.74 Å². The molecule has 0 saturated carbocycles. The third-order valence-electron chi connectivity index (χ3n) is 5.02. The van der Waals surface area contributed by atoms with Gasteiger partial charge in [0.1, 0.15) is 0 Å². The van der Waals surface area contributed by atoms with Gasteiger partial charge in [0.05, 0.1) is 17.5 Å². The van der Waals surface area contributed by atoms with Crippen molar-refractivity contribution in [3.05, 3.63) is 23.8 Å². The van der Waals surface area contributed by atoms with Crippen molar-refractivity contribution < 1.29 is 17.9 Å². The molecule has 0 unspecified atom stereocenters. The predicted molar refractivity (Wildman–Crippen MR) is 118 cm³/mol. The SMILES string of the molecule is Cc1cc(N2C[C@@H](C)O[C@@H](C)C2)ccc1NC(=O)CCCCNS(=O)(=O)C(C)C. The number of rotatable bonds is 9. The molecule has 2 N–H and O–H groups in total. The first kappa shape index (κ1) is 23.6.